The summed E-state index contributed by atoms with van der Waals surface area (Å²) in [6.45, 7) is 0. The lowest BCUT2D eigenvalue weighted by atomic mass is 10.3. The lowest BCUT2D eigenvalue weighted by Gasteiger charge is -2.10. The maximum absolute atomic E-state index is 12.1. The molecule has 0 spiro atoms. The molecule has 1 aromatic heterocycles. The molecule has 0 N–H and O–H groups in total. The Balaban J connectivity index is 3.07. The minimum absolute atomic E-state index is 0.168. The maximum Gasteiger partial charge on any atom is 0.433 e. The van der Waals surface area contributed by atoms with Crippen LogP contribution in [0.2, 0.25) is 0 Å². The minimum Gasteiger partial charge on any atom is -0.277 e. The third-order valence-electron chi connectivity index (χ3n) is 1.36. The minimum atomic E-state index is -4.52. The highest BCUT2D eigenvalue weighted by Gasteiger charge is 2.32. The molecule has 1 aromatic rings. The molecule has 76 valence electrons. The first kappa shape index (κ1) is 10.8. The number of anilines is 1. The summed E-state index contributed by atoms with van der Waals surface area (Å²) >= 11 is 3.60. The van der Waals surface area contributed by atoms with Crippen LogP contribution in [-0.4, -0.2) is 11.4 Å². The molecule has 1 heterocycles. The molecular formula is C7H5F3N2OS. The van der Waals surface area contributed by atoms with E-state index in [9.17, 15) is 18.0 Å². The molecule has 7 heteroatoms. The van der Waals surface area contributed by atoms with E-state index in [0.29, 0.717) is 4.31 Å². The summed E-state index contributed by atoms with van der Waals surface area (Å²) in [5.74, 6) is -0.168. The number of carbonyl (C=O) groups is 1. The summed E-state index contributed by atoms with van der Waals surface area (Å²) in [5, 5.41) is 0. The van der Waals surface area contributed by atoms with Crippen LogP contribution in [0.5, 0.6) is 0 Å². The lowest BCUT2D eigenvalue weighted by Crippen LogP contribution is -2.13. The molecule has 0 aromatic carbocycles. The fourth-order valence-electron chi connectivity index (χ4n) is 0.763. The Kier molecular flexibility index (Phi) is 3.00. The zero-order valence-electron chi connectivity index (χ0n) is 6.69. The second kappa shape index (κ2) is 3.87. The number of thiol groups is 1. The van der Waals surface area contributed by atoms with Gasteiger partial charge < -0.3 is 0 Å². The van der Waals surface area contributed by atoms with E-state index in [1.807, 2.05) is 0 Å². The van der Waals surface area contributed by atoms with Gasteiger partial charge in [0.25, 0.3) is 0 Å². The predicted molar refractivity (Wildman–Crippen MR) is 46.8 cm³/mol. The van der Waals surface area contributed by atoms with E-state index < -0.39 is 11.9 Å². The first-order chi connectivity index (χ1) is 6.45. The van der Waals surface area contributed by atoms with Crippen LogP contribution >= 0.6 is 12.8 Å². The van der Waals surface area contributed by atoms with Crippen molar-refractivity contribution in [2.75, 3.05) is 4.31 Å². The number of nitrogens with zero attached hydrogens (tertiary/aromatic N) is 2. The Labute approximate surface area is 83.1 Å². The van der Waals surface area contributed by atoms with Crippen LogP contribution in [0.1, 0.15) is 5.69 Å². The normalized spacial score (nSPS) is 11.1. The second-order valence-electron chi connectivity index (χ2n) is 2.33. The number of pyridine rings is 1. The van der Waals surface area contributed by atoms with Crippen LogP contribution in [0, 0.1) is 0 Å². The smallest absolute Gasteiger partial charge is 0.277 e. The van der Waals surface area contributed by atoms with Crippen molar-refractivity contribution in [1.82, 2.24) is 4.98 Å². The van der Waals surface area contributed by atoms with Gasteiger partial charge >= 0.3 is 6.18 Å². The van der Waals surface area contributed by atoms with Gasteiger partial charge in [-0.15, -0.1) is 0 Å². The highest BCUT2D eigenvalue weighted by atomic mass is 32.1. The van der Waals surface area contributed by atoms with E-state index in [-0.39, 0.29) is 12.2 Å². The monoisotopic (exact) mass is 222 g/mol. The van der Waals surface area contributed by atoms with E-state index in [1.165, 1.54) is 6.07 Å². The van der Waals surface area contributed by atoms with Crippen LogP contribution < -0.4 is 4.31 Å². The van der Waals surface area contributed by atoms with Gasteiger partial charge in [0, 0.05) is 0 Å². The van der Waals surface area contributed by atoms with Crippen molar-refractivity contribution >= 4 is 25.0 Å². The number of amides is 1. The molecule has 0 atom stereocenters. The SMILES string of the molecule is O=CN(S)c1cccc(C(F)(F)F)n1. The van der Waals surface area contributed by atoms with Crippen molar-refractivity contribution in [1.29, 1.82) is 0 Å². The van der Waals surface area contributed by atoms with Crippen molar-refractivity contribution in [2.24, 2.45) is 0 Å². The molecule has 1 amide bonds. The Morgan fingerprint density at radius 2 is 2.07 bits per heavy atom. The molecule has 0 aliphatic rings. The largest absolute Gasteiger partial charge is 0.433 e. The zero-order valence-corrected chi connectivity index (χ0v) is 7.59. The van der Waals surface area contributed by atoms with Crippen molar-refractivity contribution in [3.63, 3.8) is 0 Å². The molecule has 0 saturated heterocycles. The Bertz CT molecular complexity index is 342. The molecule has 0 aliphatic heterocycles. The van der Waals surface area contributed by atoms with Gasteiger partial charge in [0.1, 0.15) is 11.5 Å². The average Bonchev–Trinajstić information content (AvgIpc) is 2.15. The van der Waals surface area contributed by atoms with Gasteiger partial charge in [0.2, 0.25) is 6.41 Å². The molecule has 3 nitrogen and oxygen atoms in total. The average molecular weight is 222 g/mol. The summed E-state index contributed by atoms with van der Waals surface area (Å²) < 4.78 is 37.1. The van der Waals surface area contributed by atoms with E-state index in [4.69, 9.17) is 0 Å². The summed E-state index contributed by atoms with van der Waals surface area (Å²) in [6, 6.07) is 3.21. The van der Waals surface area contributed by atoms with Gasteiger partial charge in [-0.3, -0.25) is 4.79 Å². The van der Waals surface area contributed by atoms with E-state index in [1.54, 1.807) is 0 Å². The summed E-state index contributed by atoms with van der Waals surface area (Å²) in [5.41, 5.74) is -1.06. The van der Waals surface area contributed by atoms with Gasteiger partial charge in [-0.2, -0.15) is 13.2 Å². The third-order valence-corrected chi connectivity index (χ3v) is 1.66. The fraction of sp³-hybridized carbons (Fsp3) is 0.143. The molecule has 0 bridgehead atoms. The third kappa shape index (κ3) is 2.38. The zero-order chi connectivity index (χ0) is 10.8. The van der Waals surface area contributed by atoms with Crippen LogP contribution in [-0.2, 0) is 11.0 Å². The van der Waals surface area contributed by atoms with Crippen molar-refractivity contribution in [3.05, 3.63) is 23.9 Å². The van der Waals surface area contributed by atoms with Gasteiger partial charge in [-0.05, 0) is 12.1 Å². The Morgan fingerprint density at radius 1 is 1.43 bits per heavy atom. The molecule has 0 fully saturated rings. The highest BCUT2D eigenvalue weighted by molar-refractivity contribution is 7.82. The molecular weight excluding hydrogens is 217 g/mol. The quantitative estimate of drug-likeness (QED) is 0.612. The van der Waals surface area contributed by atoms with Crippen LogP contribution in [0.4, 0.5) is 19.0 Å². The summed E-state index contributed by atoms with van der Waals surface area (Å²) in [4.78, 5) is 13.4. The number of hydrogen-bond donors (Lipinski definition) is 1. The predicted octanol–water partition coefficient (Wildman–Crippen LogP) is 1.91. The second-order valence-corrected chi connectivity index (χ2v) is 2.76. The molecule has 1 rings (SSSR count). The lowest BCUT2D eigenvalue weighted by molar-refractivity contribution is -0.141. The maximum atomic E-state index is 12.1. The highest BCUT2D eigenvalue weighted by Crippen LogP contribution is 2.28. The number of carbonyl (C=O) groups excluding carboxylic acids is 1. The number of rotatable bonds is 2. The molecule has 14 heavy (non-hydrogen) atoms. The first-order valence-corrected chi connectivity index (χ1v) is 3.83. The van der Waals surface area contributed by atoms with Gasteiger partial charge in [-0.1, -0.05) is 18.9 Å². The fourth-order valence-corrected chi connectivity index (χ4v) is 0.874. The van der Waals surface area contributed by atoms with Crippen LogP contribution in [0.3, 0.4) is 0 Å². The van der Waals surface area contributed by atoms with Gasteiger partial charge in [0.05, 0.1) is 0 Å². The summed E-state index contributed by atoms with van der Waals surface area (Å²) in [7, 11) is 0. The van der Waals surface area contributed by atoms with Gasteiger partial charge in [0.15, 0.2) is 0 Å². The van der Waals surface area contributed by atoms with Crippen LogP contribution in [0.25, 0.3) is 0 Å². The van der Waals surface area contributed by atoms with Gasteiger partial charge in [-0.25, -0.2) is 9.29 Å². The summed E-state index contributed by atoms with van der Waals surface area (Å²) in [6.07, 6.45) is -4.26. The van der Waals surface area contributed by atoms with E-state index in [2.05, 4.69) is 17.8 Å². The standard InChI is InChI=1S/C7H5F3N2OS/c8-7(9,10)5-2-1-3-6(11-5)12(14)4-13/h1-4,14H. The number of hydrogen-bond acceptors (Lipinski definition) is 3. The molecule has 0 radical (unpaired) electrons. The van der Waals surface area contributed by atoms with E-state index >= 15 is 0 Å². The van der Waals surface area contributed by atoms with Crippen LogP contribution in [0.15, 0.2) is 18.2 Å². The first-order valence-electron chi connectivity index (χ1n) is 3.43. The number of aromatic nitrogens is 1. The number of halogens is 3. The van der Waals surface area contributed by atoms with Crippen molar-refractivity contribution < 1.29 is 18.0 Å². The molecule has 0 aliphatic carbocycles. The van der Waals surface area contributed by atoms with E-state index in [0.717, 1.165) is 12.1 Å². The van der Waals surface area contributed by atoms with Crippen molar-refractivity contribution in [3.8, 4) is 0 Å². The number of alkyl halides is 3. The topological polar surface area (TPSA) is 33.2 Å². The molecule has 0 unspecified atom stereocenters. The van der Waals surface area contributed by atoms with Crippen molar-refractivity contribution in [2.45, 2.75) is 6.18 Å². The Hall–Kier alpha value is -1.24. The molecule has 0 saturated carbocycles. The Morgan fingerprint density at radius 3 is 2.57 bits per heavy atom.